The van der Waals surface area contributed by atoms with Gasteiger partial charge < -0.3 is 5.32 Å². The fourth-order valence-corrected chi connectivity index (χ4v) is 2.17. The summed E-state index contributed by atoms with van der Waals surface area (Å²) in [5.41, 5.74) is 1.05. The fraction of sp³-hybridized carbons (Fsp3) is 0.500. The summed E-state index contributed by atoms with van der Waals surface area (Å²) in [5, 5.41) is 12.0. The number of nitrogens with one attached hydrogen (secondary N) is 1. The van der Waals surface area contributed by atoms with Crippen LogP contribution in [-0.2, 0) is 6.54 Å². The molecule has 0 saturated carbocycles. The average molecular weight is 247 g/mol. The van der Waals surface area contributed by atoms with Gasteiger partial charge in [-0.15, -0.1) is 0 Å². The zero-order valence-electron chi connectivity index (χ0n) is 10.6. The van der Waals surface area contributed by atoms with E-state index < -0.39 is 0 Å². The molecule has 1 fully saturated rings. The van der Waals surface area contributed by atoms with Gasteiger partial charge in [-0.3, -0.25) is 4.90 Å². The Bertz CT molecular complexity index is 449. The maximum atomic E-state index is 13.8. The molecule has 0 spiro atoms. The van der Waals surface area contributed by atoms with Crippen molar-refractivity contribution in [2.45, 2.75) is 25.9 Å². The summed E-state index contributed by atoms with van der Waals surface area (Å²) in [6, 6.07) is 7.19. The molecule has 1 saturated heterocycles. The third kappa shape index (κ3) is 2.87. The number of hydrogen-bond acceptors (Lipinski definition) is 3. The number of halogens is 1. The maximum Gasteiger partial charge on any atom is 0.129 e. The topological polar surface area (TPSA) is 39.1 Å². The van der Waals surface area contributed by atoms with Crippen molar-refractivity contribution in [1.29, 1.82) is 5.26 Å². The molecule has 1 aromatic rings. The average Bonchev–Trinajstić information content (AvgIpc) is 2.29. The Morgan fingerprint density at radius 2 is 2.28 bits per heavy atom. The Morgan fingerprint density at radius 1 is 1.50 bits per heavy atom. The minimum Gasteiger partial charge on any atom is -0.314 e. The molecule has 3 nitrogen and oxygen atoms in total. The van der Waals surface area contributed by atoms with Crippen LogP contribution in [0.5, 0.6) is 0 Å². The molecular formula is C14H18FN3. The summed E-state index contributed by atoms with van der Waals surface area (Å²) in [7, 11) is 0. The molecule has 1 N–H and O–H groups in total. The van der Waals surface area contributed by atoms with Crippen LogP contribution in [0.1, 0.15) is 24.5 Å². The summed E-state index contributed by atoms with van der Waals surface area (Å²) in [4.78, 5) is 2.31. The van der Waals surface area contributed by atoms with Crippen molar-refractivity contribution in [3.05, 3.63) is 35.1 Å². The van der Waals surface area contributed by atoms with Gasteiger partial charge in [-0.2, -0.15) is 5.26 Å². The molecule has 96 valence electrons. The lowest BCUT2D eigenvalue weighted by Gasteiger charge is -2.38. The van der Waals surface area contributed by atoms with Crippen LogP contribution in [0.3, 0.4) is 0 Å². The van der Waals surface area contributed by atoms with Crippen LogP contribution >= 0.6 is 0 Å². The summed E-state index contributed by atoms with van der Waals surface area (Å²) in [5.74, 6) is -0.276. The molecule has 18 heavy (non-hydrogen) atoms. The summed E-state index contributed by atoms with van der Waals surface area (Å²) in [6.07, 6.45) is 1.06. The highest BCUT2D eigenvalue weighted by atomic mass is 19.1. The van der Waals surface area contributed by atoms with Crippen LogP contribution in [0, 0.1) is 17.1 Å². The van der Waals surface area contributed by atoms with Gasteiger partial charge >= 0.3 is 0 Å². The van der Waals surface area contributed by atoms with Crippen molar-refractivity contribution in [2.24, 2.45) is 0 Å². The quantitative estimate of drug-likeness (QED) is 0.863. The number of benzene rings is 1. The summed E-state index contributed by atoms with van der Waals surface area (Å²) in [6.45, 7) is 5.70. The summed E-state index contributed by atoms with van der Waals surface area (Å²) >= 11 is 0. The minimum atomic E-state index is -0.276. The molecule has 0 aromatic heterocycles. The number of nitriles is 1. The highest BCUT2D eigenvalue weighted by Crippen LogP contribution is 2.16. The van der Waals surface area contributed by atoms with Gasteiger partial charge in [0.1, 0.15) is 5.82 Å². The molecule has 1 aliphatic heterocycles. The second-order valence-electron chi connectivity index (χ2n) is 4.70. The molecule has 2 rings (SSSR count). The predicted octanol–water partition coefficient (Wildman–Crippen LogP) is 1.88. The minimum absolute atomic E-state index is 0.276. The smallest absolute Gasteiger partial charge is 0.129 e. The molecule has 0 aliphatic carbocycles. The van der Waals surface area contributed by atoms with Gasteiger partial charge in [-0.05, 0) is 25.1 Å². The SMILES string of the molecule is CCCN(Cc1ccc(C#N)cc1F)C1CNC1. The van der Waals surface area contributed by atoms with Gasteiger partial charge in [-0.25, -0.2) is 4.39 Å². The Labute approximate surface area is 107 Å². The number of nitrogens with zero attached hydrogens (tertiary/aromatic N) is 2. The summed E-state index contributed by atoms with van der Waals surface area (Å²) < 4.78 is 13.8. The molecule has 1 aromatic carbocycles. The highest BCUT2D eigenvalue weighted by molar-refractivity contribution is 5.32. The second-order valence-corrected chi connectivity index (χ2v) is 4.70. The van der Waals surface area contributed by atoms with Crippen LogP contribution < -0.4 is 5.32 Å². The van der Waals surface area contributed by atoms with Crippen molar-refractivity contribution in [3.63, 3.8) is 0 Å². The second kappa shape index (κ2) is 5.94. The van der Waals surface area contributed by atoms with Crippen LogP contribution in [0.4, 0.5) is 4.39 Å². The van der Waals surface area contributed by atoms with E-state index in [4.69, 9.17) is 5.26 Å². The van der Waals surface area contributed by atoms with E-state index >= 15 is 0 Å². The Morgan fingerprint density at radius 3 is 2.78 bits per heavy atom. The molecule has 4 heteroatoms. The van der Waals surface area contributed by atoms with E-state index in [1.165, 1.54) is 6.07 Å². The standard InChI is InChI=1S/C14H18FN3/c1-2-5-18(13-8-17-9-13)10-12-4-3-11(7-16)6-14(12)15/h3-4,6,13,17H,2,5,8-10H2,1H3. The predicted molar refractivity (Wildman–Crippen MR) is 68.5 cm³/mol. The molecule has 0 bridgehead atoms. The van der Waals surface area contributed by atoms with Crippen LogP contribution in [0.15, 0.2) is 18.2 Å². The van der Waals surface area contributed by atoms with Gasteiger partial charge in [0, 0.05) is 31.2 Å². The van der Waals surface area contributed by atoms with E-state index in [1.807, 2.05) is 6.07 Å². The van der Waals surface area contributed by atoms with Crippen molar-refractivity contribution < 1.29 is 4.39 Å². The Balaban J connectivity index is 2.08. The van der Waals surface area contributed by atoms with E-state index in [0.717, 1.165) is 26.1 Å². The number of hydrogen-bond donors (Lipinski definition) is 1. The molecule has 0 atom stereocenters. The van der Waals surface area contributed by atoms with Crippen molar-refractivity contribution in [1.82, 2.24) is 10.2 Å². The zero-order valence-corrected chi connectivity index (χ0v) is 10.6. The van der Waals surface area contributed by atoms with E-state index in [-0.39, 0.29) is 5.82 Å². The van der Waals surface area contributed by atoms with E-state index in [9.17, 15) is 4.39 Å². The Kier molecular flexibility index (Phi) is 4.29. The first-order valence-corrected chi connectivity index (χ1v) is 6.38. The molecular weight excluding hydrogens is 229 g/mol. The van der Waals surface area contributed by atoms with Gasteiger partial charge in [0.2, 0.25) is 0 Å². The van der Waals surface area contributed by atoms with Crippen molar-refractivity contribution in [3.8, 4) is 6.07 Å². The third-order valence-electron chi connectivity index (χ3n) is 3.34. The molecule has 0 radical (unpaired) electrons. The van der Waals surface area contributed by atoms with E-state index in [0.29, 0.717) is 23.7 Å². The van der Waals surface area contributed by atoms with Crippen molar-refractivity contribution in [2.75, 3.05) is 19.6 Å². The van der Waals surface area contributed by atoms with Crippen LogP contribution in [-0.4, -0.2) is 30.6 Å². The fourth-order valence-electron chi connectivity index (χ4n) is 2.17. The molecule has 1 aliphatic rings. The lowest BCUT2D eigenvalue weighted by Crippen LogP contribution is -2.57. The zero-order chi connectivity index (χ0) is 13.0. The lowest BCUT2D eigenvalue weighted by atomic mass is 10.1. The first-order valence-electron chi connectivity index (χ1n) is 6.38. The van der Waals surface area contributed by atoms with Gasteiger partial charge in [0.25, 0.3) is 0 Å². The maximum absolute atomic E-state index is 13.8. The molecule has 1 heterocycles. The van der Waals surface area contributed by atoms with Gasteiger partial charge in [0.15, 0.2) is 0 Å². The highest BCUT2D eigenvalue weighted by Gasteiger charge is 2.24. The normalized spacial score (nSPS) is 15.4. The van der Waals surface area contributed by atoms with E-state index in [1.54, 1.807) is 12.1 Å². The first kappa shape index (κ1) is 13.0. The Hall–Kier alpha value is -1.44. The molecule has 0 amide bonds. The van der Waals surface area contributed by atoms with E-state index in [2.05, 4.69) is 17.1 Å². The lowest BCUT2D eigenvalue weighted by molar-refractivity contribution is 0.136. The monoisotopic (exact) mass is 247 g/mol. The third-order valence-corrected chi connectivity index (χ3v) is 3.34. The van der Waals surface area contributed by atoms with Crippen LogP contribution in [0.25, 0.3) is 0 Å². The van der Waals surface area contributed by atoms with Gasteiger partial charge in [-0.1, -0.05) is 13.0 Å². The first-order chi connectivity index (χ1) is 8.74. The number of rotatable bonds is 5. The van der Waals surface area contributed by atoms with Crippen molar-refractivity contribution >= 4 is 0 Å². The van der Waals surface area contributed by atoms with Gasteiger partial charge in [0.05, 0.1) is 11.6 Å². The largest absolute Gasteiger partial charge is 0.314 e. The van der Waals surface area contributed by atoms with Crippen LogP contribution in [0.2, 0.25) is 0 Å². The molecule has 0 unspecified atom stereocenters.